The van der Waals surface area contributed by atoms with E-state index in [-0.39, 0.29) is 37.7 Å². The van der Waals surface area contributed by atoms with Crippen LogP contribution >= 0.6 is 0 Å². The Labute approximate surface area is 219 Å². The predicted octanol–water partition coefficient (Wildman–Crippen LogP) is 2.19. The quantitative estimate of drug-likeness (QED) is 0.256. The van der Waals surface area contributed by atoms with E-state index in [4.69, 9.17) is 9.47 Å². The lowest BCUT2D eigenvalue weighted by Gasteiger charge is -2.36. The molecule has 0 radical (unpaired) electrons. The van der Waals surface area contributed by atoms with Crippen LogP contribution in [0.2, 0.25) is 0 Å². The van der Waals surface area contributed by atoms with Crippen molar-refractivity contribution in [2.75, 3.05) is 56.2 Å². The number of cyclic esters (lactones) is 1. The van der Waals surface area contributed by atoms with Gasteiger partial charge in [0, 0.05) is 33.1 Å². The van der Waals surface area contributed by atoms with E-state index in [1.807, 2.05) is 11.0 Å². The second-order valence-corrected chi connectivity index (χ2v) is 8.93. The molecule has 2 aromatic rings. The van der Waals surface area contributed by atoms with Crippen LogP contribution in [-0.4, -0.2) is 81.3 Å². The van der Waals surface area contributed by atoms with Crippen LogP contribution in [0.1, 0.15) is 12.5 Å². The predicted molar refractivity (Wildman–Crippen MR) is 138 cm³/mol. The summed E-state index contributed by atoms with van der Waals surface area (Å²) in [4.78, 5) is 53.5. The number of carbonyl (C=O) groups excluding carboxylic acids is 4. The highest BCUT2D eigenvalue weighted by molar-refractivity contribution is 6.19. The van der Waals surface area contributed by atoms with Crippen molar-refractivity contribution in [3.63, 3.8) is 0 Å². The van der Waals surface area contributed by atoms with Gasteiger partial charge >= 0.3 is 12.1 Å². The zero-order valence-corrected chi connectivity index (χ0v) is 21.2. The molecule has 2 aromatic carbocycles. The monoisotopic (exact) mass is 524 g/mol. The summed E-state index contributed by atoms with van der Waals surface area (Å²) in [5.74, 6) is -1.91. The lowest BCUT2D eigenvalue weighted by Crippen LogP contribution is -2.50. The molecule has 38 heavy (non-hydrogen) atoms. The van der Waals surface area contributed by atoms with Gasteiger partial charge in [-0.05, 0) is 29.8 Å². The van der Waals surface area contributed by atoms with Crippen LogP contribution in [0.4, 0.5) is 20.6 Å². The molecule has 3 amide bonds. The molecule has 2 saturated heterocycles. The van der Waals surface area contributed by atoms with E-state index in [9.17, 15) is 19.2 Å². The Kier molecular flexibility index (Phi) is 8.25. The molecule has 1 unspecified atom stereocenters. The van der Waals surface area contributed by atoms with Gasteiger partial charge in [-0.3, -0.25) is 14.5 Å². The minimum atomic E-state index is -0.720. The van der Waals surface area contributed by atoms with Gasteiger partial charge in [-0.15, -0.1) is 0 Å². The Bertz CT molecular complexity index is 1240. The highest BCUT2D eigenvalue weighted by Gasteiger charge is 2.33. The molecule has 2 fully saturated rings. The Balaban J connectivity index is 1.40. The second-order valence-electron chi connectivity index (χ2n) is 8.93. The number of halogens is 1. The molecule has 2 aliphatic rings. The smallest absolute Gasteiger partial charge is 0.414 e. The normalized spacial score (nSPS) is 17.8. The fraction of sp³-hybridized carbons (Fsp3) is 0.333. The lowest BCUT2D eigenvalue weighted by atomic mass is 10.1. The van der Waals surface area contributed by atoms with Crippen molar-refractivity contribution in [1.29, 1.82) is 0 Å². The van der Waals surface area contributed by atoms with Crippen molar-refractivity contribution in [1.82, 2.24) is 10.2 Å². The van der Waals surface area contributed by atoms with Gasteiger partial charge in [0.2, 0.25) is 5.91 Å². The third-order valence-corrected chi connectivity index (χ3v) is 6.35. The third-order valence-electron chi connectivity index (χ3n) is 6.35. The van der Waals surface area contributed by atoms with Crippen molar-refractivity contribution in [3.05, 3.63) is 65.5 Å². The van der Waals surface area contributed by atoms with Crippen LogP contribution in [0.5, 0.6) is 0 Å². The minimum absolute atomic E-state index is 0.0722. The molecule has 10 nitrogen and oxygen atoms in total. The van der Waals surface area contributed by atoms with E-state index in [1.54, 1.807) is 41.3 Å². The molecule has 0 aliphatic carbocycles. The van der Waals surface area contributed by atoms with E-state index < -0.39 is 29.9 Å². The molecule has 4 rings (SSSR count). The van der Waals surface area contributed by atoms with E-state index in [1.165, 1.54) is 31.1 Å². The van der Waals surface area contributed by atoms with Crippen molar-refractivity contribution in [3.8, 4) is 0 Å². The van der Waals surface area contributed by atoms with E-state index >= 15 is 4.39 Å². The SMILES string of the molecule is COC(=O)/C(=C\c1ccccc1)C(=O)N1CCN(c2ccc(N3CC(CNC(C)=O)OC3=O)cc2F)CC1. The van der Waals surface area contributed by atoms with Gasteiger partial charge in [0.25, 0.3) is 5.91 Å². The highest BCUT2D eigenvalue weighted by Crippen LogP contribution is 2.29. The van der Waals surface area contributed by atoms with Gasteiger partial charge in [0.05, 0.1) is 31.6 Å². The number of anilines is 2. The van der Waals surface area contributed by atoms with Gasteiger partial charge in [0.1, 0.15) is 17.5 Å². The zero-order chi connectivity index (χ0) is 27.2. The van der Waals surface area contributed by atoms with E-state index in [0.29, 0.717) is 30.0 Å². The van der Waals surface area contributed by atoms with Crippen LogP contribution in [0.15, 0.2) is 54.1 Å². The molecular formula is C27H29FN4O6. The van der Waals surface area contributed by atoms with Crippen LogP contribution in [0, 0.1) is 5.82 Å². The second kappa shape index (κ2) is 11.8. The van der Waals surface area contributed by atoms with Crippen molar-refractivity contribution in [2.24, 2.45) is 0 Å². The highest BCUT2D eigenvalue weighted by atomic mass is 19.1. The summed E-state index contributed by atoms with van der Waals surface area (Å²) >= 11 is 0. The first-order chi connectivity index (χ1) is 18.3. The van der Waals surface area contributed by atoms with Crippen LogP contribution in [0.25, 0.3) is 6.08 Å². The number of hydrogen-bond donors (Lipinski definition) is 1. The summed E-state index contributed by atoms with van der Waals surface area (Å²) in [6.45, 7) is 3.02. The van der Waals surface area contributed by atoms with Crippen molar-refractivity contribution < 1.29 is 33.0 Å². The van der Waals surface area contributed by atoms with Crippen molar-refractivity contribution >= 4 is 41.3 Å². The average Bonchev–Trinajstić information content (AvgIpc) is 3.30. The molecule has 11 heteroatoms. The number of hydrogen-bond acceptors (Lipinski definition) is 7. The summed E-state index contributed by atoms with van der Waals surface area (Å²) in [5.41, 5.74) is 1.32. The first kappa shape index (κ1) is 26.6. The molecule has 2 aliphatic heterocycles. The standard InChI is InChI=1S/C27H29FN4O6/c1-18(33)29-16-21-17-32(27(36)38-21)20-8-9-24(23(28)15-20)30-10-12-31(13-11-30)25(34)22(26(35)37-2)14-19-6-4-3-5-7-19/h3-9,14-15,21H,10-13,16-17H2,1-2H3,(H,29,33)/b22-14-. The van der Waals surface area contributed by atoms with Crippen LogP contribution < -0.4 is 15.1 Å². The number of nitrogens with one attached hydrogen (secondary N) is 1. The molecule has 0 saturated carbocycles. The summed E-state index contributed by atoms with van der Waals surface area (Å²) in [7, 11) is 1.23. The van der Waals surface area contributed by atoms with Gasteiger partial charge in [-0.25, -0.2) is 14.0 Å². The van der Waals surface area contributed by atoms with Gasteiger partial charge in [0.15, 0.2) is 0 Å². The minimum Gasteiger partial charge on any atom is -0.465 e. The van der Waals surface area contributed by atoms with E-state index in [0.717, 1.165) is 0 Å². The van der Waals surface area contributed by atoms with Crippen molar-refractivity contribution in [2.45, 2.75) is 13.0 Å². The fourth-order valence-electron chi connectivity index (χ4n) is 4.37. The Morgan fingerprint density at radius 2 is 1.82 bits per heavy atom. The molecule has 0 aromatic heterocycles. The summed E-state index contributed by atoms with van der Waals surface area (Å²) in [6, 6.07) is 13.5. The summed E-state index contributed by atoms with van der Waals surface area (Å²) in [6.07, 6.45) is 0.374. The number of rotatable bonds is 7. The molecule has 1 atom stereocenters. The molecule has 2 heterocycles. The number of esters is 1. The molecule has 0 spiro atoms. The number of benzene rings is 2. The maximum absolute atomic E-state index is 15.1. The Hall–Kier alpha value is -4.41. The van der Waals surface area contributed by atoms with Gasteiger partial charge in [-0.1, -0.05) is 30.3 Å². The largest absolute Gasteiger partial charge is 0.465 e. The first-order valence-electron chi connectivity index (χ1n) is 12.2. The zero-order valence-electron chi connectivity index (χ0n) is 21.2. The Morgan fingerprint density at radius 1 is 1.11 bits per heavy atom. The third kappa shape index (κ3) is 6.10. The first-order valence-corrected chi connectivity index (χ1v) is 12.2. The molecule has 0 bridgehead atoms. The van der Waals surface area contributed by atoms with Crippen LogP contribution in [0.3, 0.4) is 0 Å². The van der Waals surface area contributed by atoms with Crippen LogP contribution in [-0.2, 0) is 23.9 Å². The maximum Gasteiger partial charge on any atom is 0.414 e. The Morgan fingerprint density at radius 3 is 2.45 bits per heavy atom. The molecular weight excluding hydrogens is 495 g/mol. The van der Waals surface area contributed by atoms with Gasteiger partial charge in [-0.2, -0.15) is 0 Å². The number of carbonyl (C=O) groups is 4. The summed E-state index contributed by atoms with van der Waals surface area (Å²) < 4.78 is 25.2. The number of methoxy groups -OCH3 is 1. The topological polar surface area (TPSA) is 108 Å². The summed E-state index contributed by atoms with van der Waals surface area (Å²) in [5, 5.41) is 2.60. The number of nitrogens with zero attached hydrogens (tertiary/aromatic N) is 3. The number of amides is 3. The molecule has 1 N–H and O–H groups in total. The number of ether oxygens (including phenoxy) is 2. The fourth-order valence-corrected chi connectivity index (χ4v) is 4.37. The maximum atomic E-state index is 15.1. The number of piperazine rings is 1. The average molecular weight is 525 g/mol. The van der Waals surface area contributed by atoms with E-state index in [2.05, 4.69) is 5.32 Å². The lowest BCUT2D eigenvalue weighted by molar-refractivity contribution is -0.140. The molecule has 200 valence electrons. The van der Waals surface area contributed by atoms with Gasteiger partial charge < -0.3 is 24.6 Å².